The predicted molar refractivity (Wildman–Crippen MR) is 99.0 cm³/mol. The fourth-order valence-electron chi connectivity index (χ4n) is 2.66. The molecule has 0 aliphatic carbocycles. The van der Waals surface area contributed by atoms with Crippen molar-refractivity contribution in [1.82, 2.24) is 25.1 Å². The second-order valence-corrected chi connectivity index (χ2v) is 5.91. The predicted octanol–water partition coefficient (Wildman–Crippen LogP) is 1.37. The Morgan fingerprint density at radius 2 is 1.69 bits per heavy atom. The molecule has 0 bridgehead atoms. The van der Waals surface area contributed by atoms with Gasteiger partial charge in [-0.05, 0) is 17.2 Å². The SMILES string of the molecule is NCCN(CCc1ccccc1)C(=O)Cn1nnc(-c2ccccc2)n1. The van der Waals surface area contributed by atoms with Crippen molar-refractivity contribution in [2.24, 2.45) is 5.73 Å². The normalized spacial score (nSPS) is 10.7. The van der Waals surface area contributed by atoms with Gasteiger partial charge in [0.2, 0.25) is 11.7 Å². The van der Waals surface area contributed by atoms with Gasteiger partial charge >= 0.3 is 0 Å². The summed E-state index contributed by atoms with van der Waals surface area (Å²) in [5.41, 5.74) is 7.72. The Bertz CT molecular complexity index is 818. The number of hydrogen-bond donors (Lipinski definition) is 1. The van der Waals surface area contributed by atoms with Crippen LogP contribution in [0.2, 0.25) is 0 Å². The monoisotopic (exact) mass is 350 g/mol. The Morgan fingerprint density at radius 1 is 1.00 bits per heavy atom. The lowest BCUT2D eigenvalue weighted by atomic mass is 10.1. The van der Waals surface area contributed by atoms with Gasteiger partial charge in [0.15, 0.2) is 0 Å². The molecule has 1 aromatic heterocycles. The lowest BCUT2D eigenvalue weighted by molar-refractivity contribution is -0.132. The van der Waals surface area contributed by atoms with Gasteiger partial charge in [-0.2, -0.15) is 4.80 Å². The zero-order valence-corrected chi connectivity index (χ0v) is 14.5. The van der Waals surface area contributed by atoms with E-state index in [1.807, 2.05) is 48.5 Å². The molecule has 3 aromatic rings. The van der Waals surface area contributed by atoms with Crippen molar-refractivity contribution in [2.45, 2.75) is 13.0 Å². The highest BCUT2D eigenvalue weighted by molar-refractivity contribution is 5.75. The Hall–Kier alpha value is -3.06. The lowest BCUT2D eigenvalue weighted by Gasteiger charge is -2.21. The van der Waals surface area contributed by atoms with Gasteiger partial charge in [-0.1, -0.05) is 60.7 Å². The molecule has 0 radical (unpaired) electrons. The van der Waals surface area contributed by atoms with E-state index in [9.17, 15) is 4.79 Å². The Balaban J connectivity index is 1.61. The average molecular weight is 350 g/mol. The minimum absolute atomic E-state index is 0.0502. The number of aromatic nitrogens is 4. The van der Waals surface area contributed by atoms with Crippen LogP contribution in [0.3, 0.4) is 0 Å². The van der Waals surface area contributed by atoms with Gasteiger partial charge < -0.3 is 10.6 Å². The fourth-order valence-corrected chi connectivity index (χ4v) is 2.66. The molecule has 0 aliphatic heterocycles. The van der Waals surface area contributed by atoms with Crippen LogP contribution < -0.4 is 5.73 Å². The van der Waals surface area contributed by atoms with Crippen LogP contribution >= 0.6 is 0 Å². The summed E-state index contributed by atoms with van der Waals surface area (Å²) in [7, 11) is 0. The molecule has 0 unspecified atom stereocenters. The van der Waals surface area contributed by atoms with Crippen LogP contribution in [0, 0.1) is 0 Å². The Kier molecular flexibility index (Phi) is 6.05. The van der Waals surface area contributed by atoms with E-state index in [0.717, 1.165) is 12.0 Å². The van der Waals surface area contributed by atoms with Crippen LogP contribution in [-0.2, 0) is 17.8 Å². The summed E-state index contributed by atoms with van der Waals surface area (Å²) in [6, 6.07) is 19.6. The van der Waals surface area contributed by atoms with Crippen molar-refractivity contribution < 1.29 is 4.79 Å². The first-order valence-electron chi connectivity index (χ1n) is 8.61. The van der Waals surface area contributed by atoms with E-state index in [2.05, 4.69) is 27.5 Å². The third-order valence-electron chi connectivity index (χ3n) is 4.03. The second-order valence-electron chi connectivity index (χ2n) is 5.91. The van der Waals surface area contributed by atoms with Gasteiger partial charge in [0.05, 0.1) is 0 Å². The molecule has 2 N–H and O–H groups in total. The average Bonchev–Trinajstić information content (AvgIpc) is 3.15. The van der Waals surface area contributed by atoms with E-state index in [1.54, 1.807) is 4.90 Å². The third kappa shape index (κ3) is 4.73. The van der Waals surface area contributed by atoms with Crippen LogP contribution in [-0.4, -0.2) is 50.6 Å². The largest absolute Gasteiger partial charge is 0.339 e. The van der Waals surface area contributed by atoms with Gasteiger partial charge in [0.1, 0.15) is 6.54 Å². The molecule has 26 heavy (non-hydrogen) atoms. The van der Waals surface area contributed by atoms with Crippen molar-refractivity contribution >= 4 is 5.91 Å². The van der Waals surface area contributed by atoms with Crippen molar-refractivity contribution in [3.63, 3.8) is 0 Å². The maximum atomic E-state index is 12.6. The fraction of sp³-hybridized carbons (Fsp3) is 0.263. The topological polar surface area (TPSA) is 89.9 Å². The number of nitrogens with zero attached hydrogens (tertiary/aromatic N) is 5. The lowest BCUT2D eigenvalue weighted by Crippen LogP contribution is -2.39. The summed E-state index contributed by atoms with van der Waals surface area (Å²) in [5, 5.41) is 12.3. The number of rotatable bonds is 8. The Labute approximate surface area is 152 Å². The van der Waals surface area contributed by atoms with Crippen molar-refractivity contribution in [3.05, 3.63) is 66.2 Å². The van der Waals surface area contributed by atoms with Crippen molar-refractivity contribution in [3.8, 4) is 11.4 Å². The zero-order chi connectivity index (χ0) is 18.2. The molecule has 134 valence electrons. The quantitative estimate of drug-likeness (QED) is 0.663. The van der Waals surface area contributed by atoms with Gasteiger partial charge in [-0.25, -0.2) is 0 Å². The van der Waals surface area contributed by atoms with E-state index >= 15 is 0 Å². The van der Waals surface area contributed by atoms with Crippen LogP contribution in [0.5, 0.6) is 0 Å². The minimum Gasteiger partial charge on any atom is -0.339 e. The van der Waals surface area contributed by atoms with Gasteiger partial charge in [-0.15, -0.1) is 10.2 Å². The van der Waals surface area contributed by atoms with Crippen molar-refractivity contribution in [2.75, 3.05) is 19.6 Å². The molecular weight excluding hydrogens is 328 g/mol. The molecule has 0 saturated carbocycles. The molecule has 0 saturated heterocycles. The van der Waals surface area contributed by atoms with Crippen LogP contribution in [0.15, 0.2) is 60.7 Å². The highest BCUT2D eigenvalue weighted by Crippen LogP contribution is 2.11. The number of hydrogen-bond acceptors (Lipinski definition) is 5. The first-order valence-corrected chi connectivity index (χ1v) is 8.61. The minimum atomic E-state index is -0.0663. The Morgan fingerprint density at radius 3 is 2.38 bits per heavy atom. The number of nitrogens with two attached hydrogens (primary N) is 1. The number of benzene rings is 2. The molecule has 0 aliphatic rings. The standard InChI is InChI=1S/C19H22N6O/c20-12-14-24(13-11-16-7-3-1-4-8-16)18(26)15-25-22-19(21-23-25)17-9-5-2-6-10-17/h1-10H,11-15,20H2. The molecule has 0 atom stereocenters. The number of carbonyl (C=O) groups is 1. The first kappa shape index (κ1) is 17.8. The van der Waals surface area contributed by atoms with E-state index in [1.165, 1.54) is 10.4 Å². The summed E-state index contributed by atoms with van der Waals surface area (Å²) >= 11 is 0. The molecule has 3 rings (SSSR count). The summed E-state index contributed by atoms with van der Waals surface area (Å²) in [6.45, 7) is 1.58. The summed E-state index contributed by atoms with van der Waals surface area (Å²) in [6.07, 6.45) is 0.784. The molecule has 7 nitrogen and oxygen atoms in total. The third-order valence-corrected chi connectivity index (χ3v) is 4.03. The van der Waals surface area contributed by atoms with Crippen LogP contribution in [0.1, 0.15) is 5.56 Å². The highest BCUT2D eigenvalue weighted by atomic mass is 16.2. The second kappa shape index (κ2) is 8.87. The highest BCUT2D eigenvalue weighted by Gasteiger charge is 2.15. The smallest absolute Gasteiger partial charge is 0.246 e. The maximum absolute atomic E-state index is 12.6. The summed E-state index contributed by atoms with van der Waals surface area (Å²) in [4.78, 5) is 15.7. The first-order chi connectivity index (χ1) is 12.8. The van der Waals surface area contributed by atoms with E-state index in [4.69, 9.17) is 5.73 Å². The molecule has 1 heterocycles. The van der Waals surface area contributed by atoms with E-state index < -0.39 is 0 Å². The van der Waals surface area contributed by atoms with Gasteiger partial charge in [-0.3, -0.25) is 4.79 Å². The molecule has 2 aromatic carbocycles. The molecular formula is C19H22N6O. The van der Waals surface area contributed by atoms with Gasteiger partial charge in [0, 0.05) is 25.2 Å². The van der Waals surface area contributed by atoms with Crippen LogP contribution in [0.4, 0.5) is 0 Å². The molecule has 0 spiro atoms. The van der Waals surface area contributed by atoms with Crippen LogP contribution in [0.25, 0.3) is 11.4 Å². The molecule has 1 amide bonds. The van der Waals surface area contributed by atoms with E-state index in [-0.39, 0.29) is 12.5 Å². The number of carbonyl (C=O) groups excluding carboxylic acids is 1. The molecule has 0 fully saturated rings. The summed E-state index contributed by atoms with van der Waals surface area (Å²) < 4.78 is 0. The number of tetrazole rings is 1. The molecule has 7 heteroatoms. The zero-order valence-electron chi connectivity index (χ0n) is 14.5. The van der Waals surface area contributed by atoms with Gasteiger partial charge in [0.25, 0.3) is 0 Å². The number of amides is 1. The van der Waals surface area contributed by atoms with E-state index in [0.29, 0.717) is 25.5 Å². The summed E-state index contributed by atoms with van der Waals surface area (Å²) in [5.74, 6) is 0.441. The maximum Gasteiger partial charge on any atom is 0.246 e. The van der Waals surface area contributed by atoms with Crippen molar-refractivity contribution in [1.29, 1.82) is 0 Å².